The van der Waals surface area contributed by atoms with Crippen molar-refractivity contribution in [1.82, 2.24) is 0 Å². The van der Waals surface area contributed by atoms with E-state index in [-0.39, 0.29) is 0 Å². The second-order valence-electron chi connectivity index (χ2n) is 3.82. The van der Waals surface area contributed by atoms with Crippen LogP contribution in [0.5, 0.6) is 5.75 Å². The highest BCUT2D eigenvalue weighted by Gasteiger charge is 2.05. The summed E-state index contributed by atoms with van der Waals surface area (Å²) in [5.41, 5.74) is 2.49. The highest BCUT2D eigenvalue weighted by atomic mass is 16.5. The van der Waals surface area contributed by atoms with E-state index in [1.165, 1.54) is 5.56 Å². The van der Waals surface area contributed by atoms with Crippen molar-refractivity contribution in [3.05, 3.63) is 29.3 Å². The van der Waals surface area contributed by atoms with Gasteiger partial charge in [0.05, 0.1) is 13.7 Å². The summed E-state index contributed by atoms with van der Waals surface area (Å²) in [6.07, 6.45) is 1.82. The minimum absolute atomic E-state index is 0.542. The van der Waals surface area contributed by atoms with E-state index in [4.69, 9.17) is 4.74 Å². The molecule has 0 aliphatic heterocycles. The quantitative estimate of drug-likeness (QED) is 0.690. The second kappa shape index (κ2) is 5.54. The Hall–Kier alpha value is -1.31. The van der Waals surface area contributed by atoms with Crippen LogP contribution in [0, 0.1) is 0 Å². The topological polar surface area (TPSA) is 21.6 Å². The number of nitrogens with zero attached hydrogens (tertiary/aromatic N) is 1. The normalized spacial score (nSPS) is 11.3. The third kappa shape index (κ3) is 3.08. The maximum absolute atomic E-state index is 5.30. The van der Waals surface area contributed by atoms with Crippen molar-refractivity contribution in [3.8, 4) is 5.75 Å². The van der Waals surface area contributed by atoms with Crippen molar-refractivity contribution in [3.63, 3.8) is 0 Å². The monoisotopic (exact) mass is 205 g/mol. The van der Waals surface area contributed by atoms with Crippen molar-refractivity contribution in [2.75, 3.05) is 7.11 Å². The Labute approximate surface area is 92.0 Å². The minimum atomic E-state index is 0.542. The third-order valence-corrected chi connectivity index (χ3v) is 2.42. The fourth-order valence-corrected chi connectivity index (χ4v) is 1.47. The van der Waals surface area contributed by atoms with Gasteiger partial charge in [-0.15, -0.1) is 0 Å². The molecule has 2 heteroatoms. The van der Waals surface area contributed by atoms with Crippen LogP contribution >= 0.6 is 0 Å². The van der Waals surface area contributed by atoms with Gasteiger partial charge < -0.3 is 4.74 Å². The van der Waals surface area contributed by atoms with Crippen molar-refractivity contribution in [2.45, 2.75) is 33.2 Å². The zero-order valence-corrected chi connectivity index (χ0v) is 9.95. The van der Waals surface area contributed by atoms with Crippen LogP contribution in [0.2, 0.25) is 0 Å². The molecule has 0 aliphatic carbocycles. The zero-order valence-electron chi connectivity index (χ0n) is 9.95. The molecule has 0 fully saturated rings. The van der Waals surface area contributed by atoms with E-state index >= 15 is 0 Å². The maximum Gasteiger partial charge on any atom is 0.123 e. The summed E-state index contributed by atoms with van der Waals surface area (Å²) in [5, 5.41) is 0. The largest absolute Gasteiger partial charge is 0.496 e. The van der Waals surface area contributed by atoms with Crippen LogP contribution in [-0.2, 0) is 6.54 Å². The van der Waals surface area contributed by atoms with Crippen LogP contribution in [0.1, 0.15) is 37.8 Å². The van der Waals surface area contributed by atoms with Gasteiger partial charge in [-0.1, -0.05) is 19.9 Å². The number of ether oxygens (including phenoxy) is 1. The first kappa shape index (κ1) is 11.8. The highest BCUT2D eigenvalue weighted by molar-refractivity contribution is 5.53. The summed E-state index contributed by atoms with van der Waals surface area (Å²) in [4.78, 5) is 4.25. The van der Waals surface area contributed by atoms with Gasteiger partial charge in [0.15, 0.2) is 0 Å². The minimum Gasteiger partial charge on any atom is -0.496 e. The first-order chi connectivity index (χ1) is 7.19. The van der Waals surface area contributed by atoms with Crippen LogP contribution in [-0.4, -0.2) is 13.3 Å². The molecule has 0 spiro atoms. The fraction of sp³-hybridized carbons (Fsp3) is 0.462. The van der Waals surface area contributed by atoms with Crippen LogP contribution in [0.4, 0.5) is 0 Å². The van der Waals surface area contributed by atoms with Crippen LogP contribution in [0.25, 0.3) is 0 Å². The summed E-state index contributed by atoms with van der Waals surface area (Å²) < 4.78 is 5.30. The molecule has 82 valence electrons. The lowest BCUT2D eigenvalue weighted by atomic mass is 10.0. The van der Waals surface area contributed by atoms with Crippen molar-refractivity contribution in [1.29, 1.82) is 0 Å². The molecule has 0 heterocycles. The van der Waals surface area contributed by atoms with Gasteiger partial charge in [0.25, 0.3) is 0 Å². The zero-order chi connectivity index (χ0) is 11.3. The van der Waals surface area contributed by atoms with E-state index in [0.717, 1.165) is 11.3 Å². The Morgan fingerprint density at radius 1 is 1.40 bits per heavy atom. The molecule has 0 N–H and O–H groups in total. The maximum atomic E-state index is 5.30. The molecule has 0 saturated carbocycles. The number of rotatable bonds is 4. The molecule has 0 unspecified atom stereocenters. The molecule has 2 nitrogen and oxygen atoms in total. The van der Waals surface area contributed by atoms with Gasteiger partial charge in [-0.2, -0.15) is 0 Å². The molecule has 1 rings (SSSR count). The van der Waals surface area contributed by atoms with Crippen molar-refractivity contribution < 1.29 is 4.74 Å². The van der Waals surface area contributed by atoms with Gasteiger partial charge in [-0.3, -0.25) is 4.99 Å². The Morgan fingerprint density at radius 3 is 2.67 bits per heavy atom. The SMILES string of the molecule is CC=NCc1cc(C(C)C)ccc1OC. The number of hydrogen-bond acceptors (Lipinski definition) is 2. The average Bonchev–Trinajstić information content (AvgIpc) is 2.25. The summed E-state index contributed by atoms with van der Waals surface area (Å²) in [6.45, 7) is 7.00. The molecule has 0 aromatic heterocycles. The number of methoxy groups -OCH3 is 1. The number of benzene rings is 1. The predicted molar refractivity (Wildman–Crippen MR) is 65.0 cm³/mol. The Kier molecular flexibility index (Phi) is 4.35. The van der Waals surface area contributed by atoms with Crippen LogP contribution < -0.4 is 4.74 Å². The third-order valence-electron chi connectivity index (χ3n) is 2.42. The average molecular weight is 205 g/mol. The summed E-state index contributed by atoms with van der Waals surface area (Å²) >= 11 is 0. The van der Waals surface area contributed by atoms with Gasteiger partial charge in [-0.25, -0.2) is 0 Å². The lowest BCUT2D eigenvalue weighted by molar-refractivity contribution is 0.409. The standard InChI is InChI=1S/C13H19NO/c1-5-14-9-12-8-11(10(2)3)6-7-13(12)15-4/h5-8,10H,9H2,1-4H3. The van der Waals surface area contributed by atoms with Gasteiger partial charge in [0, 0.05) is 5.56 Å². The molecule has 0 atom stereocenters. The Morgan fingerprint density at radius 2 is 2.13 bits per heavy atom. The van der Waals surface area contributed by atoms with Gasteiger partial charge in [0.1, 0.15) is 5.75 Å². The first-order valence-electron chi connectivity index (χ1n) is 5.30. The molecule has 0 bridgehead atoms. The van der Waals surface area contributed by atoms with E-state index in [0.29, 0.717) is 12.5 Å². The van der Waals surface area contributed by atoms with Gasteiger partial charge in [-0.05, 0) is 36.8 Å². The van der Waals surface area contributed by atoms with E-state index in [1.807, 2.05) is 19.2 Å². The van der Waals surface area contributed by atoms with Crippen LogP contribution in [0.15, 0.2) is 23.2 Å². The van der Waals surface area contributed by atoms with Gasteiger partial charge >= 0.3 is 0 Å². The molecule has 0 amide bonds. The molecule has 0 radical (unpaired) electrons. The second-order valence-corrected chi connectivity index (χ2v) is 3.82. The summed E-state index contributed by atoms with van der Waals surface area (Å²) in [6, 6.07) is 6.31. The number of hydrogen-bond donors (Lipinski definition) is 0. The summed E-state index contributed by atoms with van der Waals surface area (Å²) in [5.74, 6) is 1.46. The Bertz CT molecular complexity index is 342. The smallest absolute Gasteiger partial charge is 0.123 e. The Balaban J connectivity index is 3.01. The lowest BCUT2D eigenvalue weighted by Crippen LogP contribution is -1.95. The lowest BCUT2D eigenvalue weighted by Gasteiger charge is -2.11. The molecular weight excluding hydrogens is 186 g/mol. The summed E-state index contributed by atoms with van der Waals surface area (Å²) in [7, 11) is 1.70. The van der Waals surface area contributed by atoms with Crippen molar-refractivity contribution in [2.24, 2.45) is 4.99 Å². The molecule has 1 aromatic carbocycles. The van der Waals surface area contributed by atoms with E-state index in [2.05, 4.69) is 31.0 Å². The van der Waals surface area contributed by atoms with E-state index in [1.54, 1.807) is 7.11 Å². The number of aliphatic imine (C=N–C) groups is 1. The molecule has 15 heavy (non-hydrogen) atoms. The van der Waals surface area contributed by atoms with E-state index in [9.17, 15) is 0 Å². The molecule has 1 aromatic rings. The molecule has 0 aliphatic rings. The molecule has 0 saturated heterocycles. The van der Waals surface area contributed by atoms with Gasteiger partial charge in [0.2, 0.25) is 0 Å². The van der Waals surface area contributed by atoms with E-state index < -0.39 is 0 Å². The van der Waals surface area contributed by atoms with Crippen molar-refractivity contribution >= 4 is 6.21 Å². The highest BCUT2D eigenvalue weighted by Crippen LogP contribution is 2.24. The predicted octanol–water partition coefficient (Wildman–Crippen LogP) is 3.41. The van der Waals surface area contributed by atoms with Crippen LogP contribution in [0.3, 0.4) is 0 Å². The first-order valence-corrected chi connectivity index (χ1v) is 5.30. The molecular formula is C13H19NO. The fourth-order valence-electron chi connectivity index (χ4n) is 1.47.